The molecular formula is C18H21NO5S2. The van der Waals surface area contributed by atoms with Crippen molar-refractivity contribution in [1.29, 1.82) is 0 Å². The first-order chi connectivity index (χ1) is 12.3. The molecule has 0 unspecified atom stereocenters. The molecule has 0 aliphatic heterocycles. The highest BCUT2D eigenvalue weighted by atomic mass is 32.1. The molecule has 0 saturated heterocycles. The number of hydrogen-bond donors (Lipinski definition) is 1. The fraction of sp³-hybridized carbons (Fsp3) is 0.389. The summed E-state index contributed by atoms with van der Waals surface area (Å²) in [6, 6.07) is 1.81. The molecule has 0 atom stereocenters. The van der Waals surface area contributed by atoms with Gasteiger partial charge in [0.1, 0.15) is 9.88 Å². The molecule has 2 heterocycles. The minimum atomic E-state index is -0.584. The van der Waals surface area contributed by atoms with Crippen LogP contribution in [0.25, 0.3) is 0 Å². The van der Waals surface area contributed by atoms with Crippen LogP contribution >= 0.6 is 22.7 Å². The van der Waals surface area contributed by atoms with E-state index in [1.54, 1.807) is 26.2 Å². The minimum absolute atomic E-state index is 0.184. The van der Waals surface area contributed by atoms with Crippen LogP contribution in [0.1, 0.15) is 61.6 Å². The van der Waals surface area contributed by atoms with E-state index in [0.29, 0.717) is 11.1 Å². The number of methoxy groups -OCH3 is 1. The number of aryl methyl sites for hydroxylation is 1. The predicted octanol–water partition coefficient (Wildman–Crippen LogP) is 4.28. The third-order valence-corrected chi connectivity index (χ3v) is 5.82. The third-order valence-electron chi connectivity index (χ3n) is 3.56. The molecule has 26 heavy (non-hydrogen) atoms. The molecule has 0 aliphatic carbocycles. The number of anilines is 1. The number of nitrogens with one attached hydrogen (secondary N) is 1. The lowest BCUT2D eigenvalue weighted by Gasteiger charge is -2.10. The van der Waals surface area contributed by atoms with Crippen LogP contribution in [-0.2, 0) is 15.9 Å². The summed E-state index contributed by atoms with van der Waals surface area (Å²) < 4.78 is 10.0. The van der Waals surface area contributed by atoms with Crippen LogP contribution in [0.4, 0.5) is 5.00 Å². The van der Waals surface area contributed by atoms with E-state index in [1.165, 1.54) is 18.4 Å². The Kier molecular flexibility index (Phi) is 6.55. The highest BCUT2D eigenvalue weighted by Gasteiger charge is 2.28. The summed E-state index contributed by atoms with van der Waals surface area (Å²) in [6.07, 6.45) is 0.519. The first kappa shape index (κ1) is 20.1. The van der Waals surface area contributed by atoms with Gasteiger partial charge in [-0.2, -0.15) is 0 Å². The molecule has 1 N–H and O–H groups in total. The van der Waals surface area contributed by atoms with Crippen LogP contribution < -0.4 is 5.32 Å². The second kappa shape index (κ2) is 8.46. The van der Waals surface area contributed by atoms with Gasteiger partial charge in [0.15, 0.2) is 0 Å². The van der Waals surface area contributed by atoms with E-state index in [2.05, 4.69) is 5.32 Å². The summed E-state index contributed by atoms with van der Waals surface area (Å²) in [5.74, 6) is -1.48. The summed E-state index contributed by atoms with van der Waals surface area (Å²) in [5, 5.41) is 4.78. The van der Waals surface area contributed by atoms with Crippen molar-refractivity contribution in [1.82, 2.24) is 0 Å². The van der Waals surface area contributed by atoms with Gasteiger partial charge in [0.25, 0.3) is 5.91 Å². The van der Waals surface area contributed by atoms with Gasteiger partial charge in [-0.25, -0.2) is 9.59 Å². The number of carbonyl (C=O) groups excluding carboxylic acids is 3. The molecule has 0 aromatic carbocycles. The molecular weight excluding hydrogens is 374 g/mol. The molecule has 0 saturated carbocycles. The number of hydrogen-bond acceptors (Lipinski definition) is 7. The Morgan fingerprint density at radius 1 is 1.23 bits per heavy atom. The largest absolute Gasteiger partial charge is 0.465 e. The number of esters is 2. The van der Waals surface area contributed by atoms with Crippen LogP contribution in [0.3, 0.4) is 0 Å². The molecule has 0 aliphatic rings. The number of ether oxygens (including phenoxy) is 2. The van der Waals surface area contributed by atoms with E-state index in [0.717, 1.165) is 22.6 Å². The SMILES string of the molecule is CCc1cc(C(=O)Nc2sc(C(=O)OC)c(C)c2C(=O)OC(C)C)cs1. The molecule has 0 fully saturated rings. The molecule has 2 rings (SSSR count). The van der Waals surface area contributed by atoms with Gasteiger partial charge in [-0.1, -0.05) is 6.92 Å². The maximum atomic E-state index is 12.5. The zero-order chi connectivity index (χ0) is 19.4. The molecule has 140 valence electrons. The lowest BCUT2D eigenvalue weighted by atomic mass is 10.1. The van der Waals surface area contributed by atoms with E-state index < -0.39 is 11.9 Å². The van der Waals surface area contributed by atoms with Gasteiger partial charge in [0.05, 0.1) is 24.3 Å². The van der Waals surface area contributed by atoms with Crippen molar-refractivity contribution in [3.63, 3.8) is 0 Å². The Balaban J connectivity index is 2.40. The van der Waals surface area contributed by atoms with E-state index in [1.807, 2.05) is 13.0 Å². The van der Waals surface area contributed by atoms with E-state index >= 15 is 0 Å². The zero-order valence-corrected chi connectivity index (χ0v) is 16.9. The van der Waals surface area contributed by atoms with Gasteiger partial charge in [0.2, 0.25) is 0 Å². The Morgan fingerprint density at radius 2 is 1.92 bits per heavy atom. The fourth-order valence-electron chi connectivity index (χ4n) is 2.27. The van der Waals surface area contributed by atoms with Gasteiger partial charge in [0, 0.05) is 10.3 Å². The van der Waals surface area contributed by atoms with Crippen molar-refractivity contribution in [3.05, 3.63) is 37.9 Å². The number of carbonyl (C=O) groups is 3. The maximum absolute atomic E-state index is 12.5. The van der Waals surface area contributed by atoms with E-state index in [4.69, 9.17) is 9.47 Å². The average Bonchev–Trinajstić information content (AvgIpc) is 3.18. The van der Waals surface area contributed by atoms with Gasteiger partial charge >= 0.3 is 11.9 Å². The minimum Gasteiger partial charge on any atom is -0.465 e. The van der Waals surface area contributed by atoms with Crippen molar-refractivity contribution in [2.75, 3.05) is 12.4 Å². The summed E-state index contributed by atoms with van der Waals surface area (Å²) in [5.41, 5.74) is 1.13. The Hall–Kier alpha value is -2.19. The average molecular weight is 396 g/mol. The van der Waals surface area contributed by atoms with E-state index in [9.17, 15) is 14.4 Å². The normalized spacial score (nSPS) is 10.7. The predicted molar refractivity (Wildman–Crippen MR) is 103 cm³/mol. The maximum Gasteiger partial charge on any atom is 0.348 e. The van der Waals surface area contributed by atoms with Crippen molar-refractivity contribution in [2.45, 2.75) is 40.2 Å². The van der Waals surface area contributed by atoms with Crippen molar-refractivity contribution in [2.24, 2.45) is 0 Å². The Morgan fingerprint density at radius 3 is 2.46 bits per heavy atom. The summed E-state index contributed by atoms with van der Waals surface area (Å²) >= 11 is 2.51. The number of amides is 1. The van der Waals surface area contributed by atoms with Gasteiger partial charge in [-0.15, -0.1) is 22.7 Å². The molecule has 0 spiro atoms. The smallest absolute Gasteiger partial charge is 0.348 e. The molecule has 6 nitrogen and oxygen atoms in total. The Bertz CT molecular complexity index is 835. The Labute approximate surface area is 160 Å². The van der Waals surface area contributed by atoms with Crippen LogP contribution in [0.2, 0.25) is 0 Å². The lowest BCUT2D eigenvalue weighted by molar-refractivity contribution is 0.0379. The number of rotatable bonds is 6. The van der Waals surface area contributed by atoms with Crippen molar-refractivity contribution in [3.8, 4) is 0 Å². The van der Waals surface area contributed by atoms with Crippen molar-refractivity contribution < 1.29 is 23.9 Å². The molecule has 0 radical (unpaired) electrons. The molecule has 2 aromatic heterocycles. The topological polar surface area (TPSA) is 81.7 Å². The molecule has 1 amide bonds. The van der Waals surface area contributed by atoms with Gasteiger partial charge in [-0.05, 0) is 38.8 Å². The highest BCUT2D eigenvalue weighted by molar-refractivity contribution is 7.18. The first-order valence-electron chi connectivity index (χ1n) is 8.09. The highest BCUT2D eigenvalue weighted by Crippen LogP contribution is 2.35. The standard InChI is InChI=1S/C18H21NO5S2/c1-6-12-7-11(8-25-12)15(20)19-16-13(17(21)24-9(2)3)10(4)14(26-16)18(22)23-5/h7-9H,6H2,1-5H3,(H,19,20). The summed E-state index contributed by atoms with van der Waals surface area (Å²) in [6.45, 7) is 7.11. The third kappa shape index (κ3) is 4.31. The van der Waals surface area contributed by atoms with Crippen LogP contribution in [-0.4, -0.2) is 31.1 Å². The fourth-order valence-corrected chi connectivity index (χ4v) is 4.19. The second-order valence-corrected chi connectivity index (χ2v) is 7.83. The quantitative estimate of drug-likeness (QED) is 0.738. The first-order valence-corrected chi connectivity index (χ1v) is 9.79. The second-order valence-electron chi connectivity index (χ2n) is 5.82. The molecule has 2 aromatic rings. The lowest BCUT2D eigenvalue weighted by Crippen LogP contribution is -2.16. The van der Waals surface area contributed by atoms with Crippen LogP contribution in [0.15, 0.2) is 11.4 Å². The monoisotopic (exact) mass is 395 g/mol. The van der Waals surface area contributed by atoms with Crippen molar-refractivity contribution >= 4 is 45.5 Å². The zero-order valence-electron chi connectivity index (χ0n) is 15.3. The summed E-state index contributed by atoms with van der Waals surface area (Å²) in [7, 11) is 1.27. The molecule has 8 heteroatoms. The number of thiophene rings is 2. The summed E-state index contributed by atoms with van der Waals surface area (Å²) in [4.78, 5) is 38.3. The van der Waals surface area contributed by atoms with Crippen LogP contribution in [0, 0.1) is 6.92 Å². The van der Waals surface area contributed by atoms with Gasteiger partial charge < -0.3 is 14.8 Å². The van der Waals surface area contributed by atoms with Crippen LogP contribution in [0.5, 0.6) is 0 Å². The van der Waals surface area contributed by atoms with E-state index in [-0.39, 0.29) is 27.5 Å². The van der Waals surface area contributed by atoms with Gasteiger partial charge in [-0.3, -0.25) is 4.79 Å². The molecule has 0 bridgehead atoms.